The van der Waals surface area contributed by atoms with Crippen molar-refractivity contribution in [3.05, 3.63) is 64.5 Å². The zero-order valence-corrected chi connectivity index (χ0v) is 11.7. The predicted octanol–water partition coefficient (Wildman–Crippen LogP) is 3.83. The molecule has 106 valence electrons. The van der Waals surface area contributed by atoms with Gasteiger partial charge in [-0.25, -0.2) is 9.78 Å². The monoisotopic (exact) mass is 279 g/mol. The number of nitrogens with zero attached hydrogens (tertiary/aromatic N) is 1. The number of carboxylic acid groups (broad SMARTS) is 1. The number of pyridine rings is 1. The highest BCUT2D eigenvalue weighted by molar-refractivity contribution is 5.91. The van der Waals surface area contributed by atoms with E-state index in [0.29, 0.717) is 5.56 Å². The summed E-state index contributed by atoms with van der Waals surface area (Å²) in [5, 5.41) is 9.37. The lowest BCUT2D eigenvalue weighted by atomic mass is 9.93. The quantitative estimate of drug-likeness (QED) is 0.929. The zero-order valence-electron chi connectivity index (χ0n) is 11.7. The van der Waals surface area contributed by atoms with Crippen LogP contribution in [0.25, 0.3) is 12.2 Å². The van der Waals surface area contributed by atoms with Gasteiger partial charge in [0, 0.05) is 11.3 Å². The van der Waals surface area contributed by atoms with E-state index in [9.17, 15) is 9.90 Å². The Morgan fingerprint density at radius 2 is 1.86 bits per heavy atom. The Kier molecular flexibility index (Phi) is 3.82. The van der Waals surface area contributed by atoms with Gasteiger partial charge in [-0.2, -0.15) is 0 Å². The average molecular weight is 279 g/mol. The molecule has 1 aliphatic rings. The molecule has 2 aromatic rings. The fourth-order valence-electron chi connectivity index (χ4n) is 2.70. The molecule has 0 atom stereocenters. The molecule has 3 rings (SSSR count). The van der Waals surface area contributed by atoms with Crippen LogP contribution in [0.15, 0.2) is 36.4 Å². The van der Waals surface area contributed by atoms with E-state index < -0.39 is 5.97 Å². The van der Waals surface area contributed by atoms with E-state index in [1.165, 1.54) is 5.56 Å². The molecular formula is C18H17NO2. The van der Waals surface area contributed by atoms with E-state index in [1.54, 1.807) is 0 Å². The van der Waals surface area contributed by atoms with Crippen molar-refractivity contribution >= 4 is 18.1 Å². The van der Waals surface area contributed by atoms with Crippen LogP contribution in [-0.2, 0) is 12.8 Å². The minimum absolute atomic E-state index is 0.155. The van der Waals surface area contributed by atoms with Crippen molar-refractivity contribution in [2.75, 3.05) is 0 Å². The first kappa shape index (κ1) is 13.6. The third kappa shape index (κ3) is 3.02. The molecule has 21 heavy (non-hydrogen) atoms. The normalized spacial score (nSPS) is 14.1. The lowest BCUT2D eigenvalue weighted by Crippen LogP contribution is -2.12. The van der Waals surface area contributed by atoms with E-state index in [1.807, 2.05) is 48.6 Å². The van der Waals surface area contributed by atoms with E-state index in [-0.39, 0.29) is 5.69 Å². The summed E-state index contributed by atoms with van der Waals surface area (Å²) in [7, 11) is 0. The smallest absolute Gasteiger partial charge is 0.355 e. The highest BCUT2D eigenvalue weighted by atomic mass is 16.4. The van der Waals surface area contributed by atoms with Gasteiger partial charge in [-0.3, -0.25) is 0 Å². The fraction of sp³-hybridized carbons (Fsp3) is 0.222. The maximum absolute atomic E-state index is 11.4. The minimum atomic E-state index is -0.962. The van der Waals surface area contributed by atoms with Gasteiger partial charge in [0.05, 0.1) is 0 Å². The number of aromatic nitrogens is 1. The summed E-state index contributed by atoms with van der Waals surface area (Å²) in [5.74, 6) is -0.962. The van der Waals surface area contributed by atoms with Crippen LogP contribution in [0, 0.1) is 0 Å². The van der Waals surface area contributed by atoms with Gasteiger partial charge in [-0.15, -0.1) is 0 Å². The molecule has 1 aromatic heterocycles. The van der Waals surface area contributed by atoms with Gasteiger partial charge in [-0.1, -0.05) is 42.5 Å². The summed E-state index contributed by atoms with van der Waals surface area (Å²) in [6.07, 6.45) is 7.91. The molecule has 0 amide bonds. The predicted molar refractivity (Wildman–Crippen MR) is 83.2 cm³/mol. The van der Waals surface area contributed by atoms with Crippen molar-refractivity contribution < 1.29 is 9.90 Å². The Balaban J connectivity index is 2.00. The summed E-state index contributed by atoms with van der Waals surface area (Å²) in [6.45, 7) is 0. The topological polar surface area (TPSA) is 50.2 Å². The number of hydrogen-bond donors (Lipinski definition) is 1. The van der Waals surface area contributed by atoms with Gasteiger partial charge in [0.2, 0.25) is 0 Å². The third-order valence-corrected chi connectivity index (χ3v) is 3.79. The highest BCUT2D eigenvalue weighted by Gasteiger charge is 2.17. The van der Waals surface area contributed by atoms with Crippen LogP contribution in [0.3, 0.4) is 0 Å². The van der Waals surface area contributed by atoms with Crippen LogP contribution in [0.2, 0.25) is 0 Å². The van der Waals surface area contributed by atoms with E-state index in [0.717, 1.165) is 36.9 Å². The molecule has 1 heterocycles. The summed E-state index contributed by atoms with van der Waals surface area (Å²) in [5.41, 5.74) is 4.04. The number of carboxylic acids is 1. The van der Waals surface area contributed by atoms with Crippen molar-refractivity contribution in [3.8, 4) is 0 Å². The first-order valence-corrected chi connectivity index (χ1v) is 7.23. The number of hydrogen-bond acceptors (Lipinski definition) is 2. The van der Waals surface area contributed by atoms with Crippen LogP contribution >= 0.6 is 0 Å². The molecule has 1 aliphatic carbocycles. The second-order valence-electron chi connectivity index (χ2n) is 5.29. The van der Waals surface area contributed by atoms with Gasteiger partial charge in [0.15, 0.2) is 5.69 Å². The van der Waals surface area contributed by atoms with Crippen molar-refractivity contribution in [3.63, 3.8) is 0 Å². The van der Waals surface area contributed by atoms with E-state index in [2.05, 4.69) is 4.98 Å². The van der Waals surface area contributed by atoms with E-state index in [4.69, 9.17) is 0 Å². The molecule has 3 nitrogen and oxygen atoms in total. The number of rotatable bonds is 3. The highest BCUT2D eigenvalue weighted by Crippen LogP contribution is 2.23. The number of benzene rings is 1. The Labute approximate surface area is 124 Å². The molecule has 0 saturated heterocycles. The lowest BCUT2D eigenvalue weighted by molar-refractivity contribution is 0.0690. The number of aromatic carboxylic acids is 1. The van der Waals surface area contributed by atoms with Crippen molar-refractivity contribution in [2.45, 2.75) is 25.7 Å². The fourth-order valence-corrected chi connectivity index (χ4v) is 2.70. The SMILES string of the molecule is O=C(O)c1nc2c(cc1C=Cc1ccccc1)CCCC2. The molecule has 0 unspecified atom stereocenters. The minimum Gasteiger partial charge on any atom is -0.476 e. The third-order valence-electron chi connectivity index (χ3n) is 3.79. The van der Waals surface area contributed by atoms with Crippen molar-refractivity contribution in [2.24, 2.45) is 0 Å². The van der Waals surface area contributed by atoms with Gasteiger partial charge < -0.3 is 5.11 Å². The second-order valence-corrected chi connectivity index (χ2v) is 5.29. The summed E-state index contributed by atoms with van der Waals surface area (Å²) in [4.78, 5) is 15.8. The lowest BCUT2D eigenvalue weighted by Gasteiger charge is -2.16. The Hall–Kier alpha value is -2.42. The van der Waals surface area contributed by atoms with Gasteiger partial charge in [0.1, 0.15) is 0 Å². The number of fused-ring (bicyclic) bond motifs is 1. The largest absolute Gasteiger partial charge is 0.476 e. The van der Waals surface area contributed by atoms with Crippen LogP contribution in [0.1, 0.15) is 45.7 Å². The van der Waals surface area contributed by atoms with Gasteiger partial charge in [-0.05, 0) is 42.9 Å². The summed E-state index contributed by atoms with van der Waals surface area (Å²) in [6, 6.07) is 11.8. The number of aryl methyl sites for hydroxylation is 2. The molecule has 0 saturated carbocycles. The Morgan fingerprint density at radius 1 is 1.10 bits per heavy atom. The molecule has 0 aliphatic heterocycles. The number of carbonyl (C=O) groups is 1. The Bertz CT molecular complexity index is 690. The first-order chi connectivity index (χ1) is 10.2. The van der Waals surface area contributed by atoms with Crippen molar-refractivity contribution in [1.29, 1.82) is 0 Å². The molecule has 0 bridgehead atoms. The van der Waals surface area contributed by atoms with Crippen LogP contribution in [0.4, 0.5) is 0 Å². The summed E-state index contributed by atoms with van der Waals surface area (Å²) >= 11 is 0. The maximum Gasteiger partial charge on any atom is 0.355 e. The molecule has 1 N–H and O–H groups in total. The van der Waals surface area contributed by atoms with Gasteiger partial charge >= 0.3 is 5.97 Å². The molecular weight excluding hydrogens is 262 g/mol. The maximum atomic E-state index is 11.4. The first-order valence-electron chi connectivity index (χ1n) is 7.23. The standard InChI is InChI=1S/C18H17NO2/c20-18(21)17-15(11-10-13-6-2-1-3-7-13)12-14-8-4-5-9-16(14)19-17/h1-3,6-7,10-12H,4-5,8-9H2,(H,20,21). The summed E-state index contributed by atoms with van der Waals surface area (Å²) < 4.78 is 0. The molecule has 1 aromatic carbocycles. The van der Waals surface area contributed by atoms with Crippen LogP contribution in [0.5, 0.6) is 0 Å². The van der Waals surface area contributed by atoms with Crippen LogP contribution < -0.4 is 0 Å². The zero-order chi connectivity index (χ0) is 14.7. The second kappa shape index (κ2) is 5.92. The molecule has 0 radical (unpaired) electrons. The van der Waals surface area contributed by atoms with Gasteiger partial charge in [0.25, 0.3) is 0 Å². The Morgan fingerprint density at radius 3 is 2.62 bits per heavy atom. The molecule has 0 spiro atoms. The average Bonchev–Trinajstić information content (AvgIpc) is 2.53. The van der Waals surface area contributed by atoms with E-state index >= 15 is 0 Å². The van der Waals surface area contributed by atoms with Crippen molar-refractivity contribution in [1.82, 2.24) is 4.98 Å². The molecule has 3 heteroatoms. The molecule has 0 fully saturated rings. The van der Waals surface area contributed by atoms with Crippen LogP contribution in [-0.4, -0.2) is 16.1 Å².